The normalized spacial score (nSPS) is 27.3. The Labute approximate surface area is 115 Å². The predicted octanol–water partition coefficient (Wildman–Crippen LogP) is 3.81. The second-order valence-corrected chi connectivity index (χ2v) is 5.95. The lowest BCUT2D eigenvalue weighted by molar-refractivity contribution is 0.0771. The van der Waals surface area contributed by atoms with Crippen LogP contribution in [0.2, 0.25) is 0 Å². The Kier molecular flexibility index (Phi) is 7.92. The van der Waals surface area contributed by atoms with Crippen molar-refractivity contribution in [3.8, 4) is 0 Å². The van der Waals surface area contributed by atoms with Gasteiger partial charge in [0.15, 0.2) is 0 Å². The van der Waals surface area contributed by atoms with Crippen LogP contribution in [0.15, 0.2) is 0 Å². The monoisotopic (exact) mass is 254 g/mol. The lowest BCUT2D eigenvalue weighted by Crippen LogP contribution is -2.51. The number of unbranched alkanes of at least 4 members (excludes halogenated alkanes) is 1. The number of nitrogens with one attached hydrogen (secondary N) is 1. The van der Waals surface area contributed by atoms with Crippen LogP contribution < -0.4 is 5.32 Å². The van der Waals surface area contributed by atoms with E-state index in [1.54, 1.807) is 0 Å². The van der Waals surface area contributed by atoms with Gasteiger partial charge in [0.1, 0.15) is 0 Å². The van der Waals surface area contributed by atoms with Crippen LogP contribution in [0.4, 0.5) is 0 Å². The number of piperidine rings is 1. The van der Waals surface area contributed by atoms with Gasteiger partial charge in [-0.15, -0.1) is 0 Å². The van der Waals surface area contributed by atoms with Crippen LogP contribution in [-0.4, -0.2) is 36.1 Å². The third kappa shape index (κ3) is 4.89. The molecule has 2 heteroatoms. The smallest absolute Gasteiger partial charge is 0.00979 e. The van der Waals surface area contributed by atoms with Gasteiger partial charge in [-0.25, -0.2) is 0 Å². The molecule has 0 saturated carbocycles. The van der Waals surface area contributed by atoms with E-state index in [0.29, 0.717) is 0 Å². The maximum absolute atomic E-state index is 3.62. The highest BCUT2D eigenvalue weighted by Crippen LogP contribution is 2.24. The molecule has 2 nitrogen and oxygen atoms in total. The molecule has 1 N–H and O–H groups in total. The second-order valence-electron chi connectivity index (χ2n) is 5.95. The van der Waals surface area contributed by atoms with Crippen LogP contribution in [0.25, 0.3) is 0 Å². The molecule has 0 radical (unpaired) electrons. The molecule has 0 aromatic heterocycles. The minimum atomic E-state index is 0.759. The molecule has 1 rings (SSSR count). The predicted molar refractivity (Wildman–Crippen MR) is 81.1 cm³/mol. The molecule has 1 saturated heterocycles. The summed E-state index contributed by atoms with van der Waals surface area (Å²) in [6, 6.07) is 2.36. The van der Waals surface area contributed by atoms with Crippen LogP contribution in [0.5, 0.6) is 0 Å². The van der Waals surface area contributed by atoms with Crippen molar-refractivity contribution < 1.29 is 0 Å². The quantitative estimate of drug-likeness (QED) is 0.708. The number of hydrogen-bond acceptors (Lipinski definition) is 2. The van der Waals surface area contributed by atoms with E-state index in [0.717, 1.165) is 24.7 Å². The fourth-order valence-electron chi connectivity index (χ4n) is 3.46. The molecule has 1 aliphatic heterocycles. The van der Waals surface area contributed by atoms with E-state index >= 15 is 0 Å². The van der Waals surface area contributed by atoms with Gasteiger partial charge in [-0.3, -0.25) is 4.90 Å². The Bertz CT molecular complexity index is 205. The summed E-state index contributed by atoms with van der Waals surface area (Å²) in [5.74, 6) is 0. The minimum Gasteiger partial charge on any atom is -0.314 e. The maximum Gasteiger partial charge on any atom is 0.00979 e. The van der Waals surface area contributed by atoms with Crippen LogP contribution in [0, 0.1) is 0 Å². The van der Waals surface area contributed by atoms with Gasteiger partial charge in [0, 0.05) is 24.7 Å². The first-order chi connectivity index (χ1) is 8.72. The summed E-state index contributed by atoms with van der Waals surface area (Å²) >= 11 is 0. The Morgan fingerprint density at radius 1 is 1.17 bits per heavy atom. The van der Waals surface area contributed by atoms with Crippen molar-refractivity contribution >= 4 is 0 Å². The summed E-state index contributed by atoms with van der Waals surface area (Å²) in [4.78, 5) is 2.80. The number of nitrogens with zero attached hydrogens (tertiary/aromatic N) is 1. The van der Waals surface area contributed by atoms with E-state index in [9.17, 15) is 0 Å². The number of hydrogen-bond donors (Lipinski definition) is 1. The summed E-state index contributed by atoms with van der Waals surface area (Å²) in [5, 5.41) is 3.62. The lowest BCUT2D eigenvalue weighted by Gasteiger charge is -2.43. The first-order valence-corrected chi connectivity index (χ1v) is 8.21. The molecule has 0 bridgehead atoms. The molecule has 1 fully saturated rings. The highest BCUT2D eigenvalue weighted by atomic mass is 15.2. The van der Waals surface area contributed by atoms with Crippen LogP contribution in [-0.2, 0) is 0 Å². The molecule has 18 heavy (non-hydrogen) atoms. The van der Waals surface area contributed by atoms with E-state index in [1.165, 1.54) is 51.5 Å². The minimum absolute atomic E-state index is 0.759. The summed E-state index contributed by atoms with van der Waals surface area (Å²) in [6.07, 6.45) is 9.52. The van der Waals surface area contributed by atoms with Crippen molar-refractivity contribution in [3.05, 3.63) is 0 Å². The Morgan fingerprint density at radius 2 is 1.94 bits per heavy atom. The Hall–Kier alpha value is -0.0800. The fourth-order valence-corrected chi connectivity index (χ4v) is 3.46. The van der Waals surface area contributed by atoms with Crippen molar-refractivity contribution in [2.75, 3.05) is 13.1 Å². The second kappa shape index (κ2) is 8.92. The first-order valence-electron chi connectivity index (χ1n) is 8.21. The van der Waals surface area contributed by atoms with Crippen LogP contribution in [0.3, 0.4) is 0 Å². The summed E-state index contributed by atoms with van der Waals surface area (Å²) in [6.45, 7) is 11.7. The van der Waals surface area contributed by atoms with Gasteiger partial charge in [-0.05, 0) is 39.2 Å². The van der Waals surface area contributed by atoms with Gasteiger partial charge >= 0.3 is 0 Å². The summed E-state index contributed by atoms with van der Waals surface area (Å²) in [5.41, 5.74) is 0. The fraction of sp³-hybridized carbons (Fsp3) is 1.00. The van der Waals surface area contributed by atoms with Gasteiger partial charge in [0.2, 0.25) is 0 Å². The standard InChI is InChI=1S/C16H34N2/c1-5-8-10-16(9-6-2)18-12-11-15(17-7-3)13-14(18)4/h14-17H,5-13H2,1-4H3. The zero-order valence-corrected chi connectivity index (χ0v) is 13.0. The maximum atomic E-state index is 3.62. The van der Waals surface area contributed by atoms with Gasteiger partial charge in [-0.1, -0.05) is 40.0 Å². The van der Waals surface area contributed by atoms with Crippen molar-refractivity contribution in [2.24, 2.45) is 0 Å². The topological polar surface area (TPSA) is 15.3 Å². The van der Waals surface area contributed by atoms with E-state index in [4.69, 9.17) is 0 Å². The third-order valence-corrected chi connectivity index (χ3v) is 4.40. The SMILES string of the molecule is CCCCC(CCC)N1CCC(NCC)CC1C. The molecule has 1 aliphatic rings. The number of likely N-dealkylation sites (tertiary alicyclic amines) is 1. The Morgan fingerprint density at radius 3 is 2.50 bits per heavy atom. The molecule has 3 unspecified atom stereocenters. The molecule has 0 aromatic rings. The first kappa shape index (κ1) is 16.0. The number of rotatable bonds is 8. The van der Waals surface area contributed by atoms with Gasteiger partial charge < -0.3 is 5.32 Å². The molecule has 0 amide bonds. The van der Waals surface area contributed by atoms with Crippen molar-refractivity contribution in [2.45, 2.75) is 90.8 Å². The largest absolute Gasteiger partial charge is 0.314 e. The highest BCUT2D eigenvalue weighted by Gasteiger charge is 2.29. The van der Waals surface area contributed by atoms with E-state index in [1.807, 2.05) is 0 Å². The van der Waals surface area contributed by atoms with Gasteiger partial charge in [0.05, 0.1) is 0 Å². The van der Waals surface area contributed by atoms with E-state index in [2.05, 4.69) is 37.9 Å². The van der Waals surface area contributed by atoms with Crippen molar-refractivity contribution in [3.63, 3.8) is 0 Å². The molecular formula is C16H34N2. The Balaban J connectivity index is 2.47. The molecule has 0 aromatic carbocycles. The zero-order chi connectivity index (χ0) is 13.4. The molecule has 3 atom stereocenters. The van der Waals surface area contributed by atoms with Crippen molar-refractivity contribution in [1.82, 2.24) is 10.2 Å². The molecule has 108 valence electrons. The third-order valence-electron chi connectivity index (χ3n) is 4.40. The van der Waals surface area contributed by atoms with Crippen LogP contribution in [0.1, 0.15) is 72.6 Å². The average Bonchev–Trinajstić information content (AvgIpc) is 2.35. The molecule has 0 aliphatic carbocycles. The van der Waals surface area contributed by atoms with E-state index in [-0.39, 0.29) is 0 Å². The molecule has 0 spiro atoms. The van der Waals surface area contributed by atoms with Crippen molar-refractivity contribution in [1.29, 1.82) is 0 Å². The lowest BCUT2D eigenvalue weighted by atomic mass is 9.93. The average molecular weight is 254 g/mol. The van der Waals surface area contributed by atoms with Gasteiger partial charge in [-0.2, -0.15) is 0 Å². The van der Waals surface area contributed by atoms with Gasteiger partial charge in [0.25, 0.3) is 0 Å². The summed E-state index contributed by atoms with van der Waals surface area (Å²) < 4.78 is 0. The summed E-state index contributed by atoms with van der Waals surface area (Å²) in [7, 11) is 0. The highest BCUT2D eigenvalue weighted by molar-refractivity contribution is 4.86. The van der Waals surface area contributed by atoms with Crippen LogP contribution >= 0.6 is 0 Å². The molecular weight excluding hydrogens is 220 g/mol. The zero-order valence-electron chi connectivity index (χ0n) is 13.0. The molecule has 1 heterocycles. The van der Waals surface area contributed by atoms with E-state index < -0.39 is 0 Å².